The average Bonchev–Trinajstić information content (AvgIpc) is 3.00. The monoisotopic (exact) mass is 328 g/mol. The molecule has 1 atom stereocenters. The predicted molar refractivity (Wildman–Crippen MR) is 91.4 cm³/mol. The molecule has 3 heterocycles. The lowest BCUT2D eigenvalue weighted by Crippen LogP contribution is -2.44. The van der Waals surface area contributed by atoms with E-state index in [4.69, 9.17) is 0 Å². The number of urea groups is 1. The number of aromatic nitrogens is 3. The fourth-order valence-electron chi connectivity index (χ4n) is 3.02. The number of carbonyl (C=O) groups excluding carboxylic acids is 1. The van der Waals surface area contributed by atoms with Crippen molar-refractivity contribution in [1.29, 1.82) is 0 Å². The second kappa shape index (κ2) is 7.00. The molecule has 7 heteroatoms. The zero-order valence-electron chi connectivity index (χ0n) is 14.4. The van der Waals surface area contributed by atoms with Gasteiger partial charge in [-0.25, -0.2) is 4.79 Å². The summed E-state index contributed by atoms with van der Waals surface area (Å²) in [5.74, 6) is 0. The second-order valence-electron chi connectivity index (χ2n) is 6.44. The van der Waals surface area contributed by atoms with Crippen LogP contribution in [-0.4, -0.2) is 57.8 Å². The van der Waals surface area contributed by atoms with Gasteiger partial charge in [0.25, 0.3) is 0 Å². The maximum atomic E-state index is 11.8. The maximum Gasteiger partial charge on any atom is 0.316 e. The largest absolute Gasteiger partial charge is 0.336 e. The van der Waals surface area contributed by atoms with Gasteiger partial charge >= 0.3 is 6.03 Å². The Kier molecular flexibility index (Phi) is 4.80. The molecule has 0 spiro atoms. The van der Waals surface area contributed by atoms with E-state index in [1.54, 1.807) is 19.0 Å². The van der Waals surface area contributed by atoms with Crippen molar-refractivity contribution in [2.75, 3.05) is 27.2 Å². The molecule has 7 nitrogen and oxygen atoms in total. The number of nitrogens with one attached hydrogen (secondary N) is 1. The highest BCUT2D eigenvalue weighted by Crippen LogP contribution is 2.21. The maximum absolute atomic E-state index is 11.8. The van der Waals surface area contributed by atoms with Crippen molar-refractivity contribution in [2.24, 2.45) is 0 Å². The Morgan fingerprint density at radius 3 is 2.96 bits per heavy atom. The molecule has 0 saturated carbocycles. The van der Waals surface area contributed by atoms with Gasteiger partial charge in [0.1, 0.15) is 0 Å². The standard InChI is InChI=1S/C17H24N6O/c1-13-5-4-6-14(20-13)10-22-11-15-7-8-19-23(15)16(12-22)9-18-17(24)21(2)3/h4-8,16H,9-12H2,1-3H3,(H,18,24). The van der Waals surface area contributed by atoms with Crippen LogP contribution >= 0.6 is 0 Å². The number of pyridine rings is 1. The van der Waals surface area contributed by atoms with Crippen LogP contribution in [-0.2, 0) is 13.1 Å². The van der Waals surface area contributed by atoms with Crippen molar-refractivity contribution in [3.05, 3.63) is 47.5 Å². The normalized spacial score (nSPS) is 17.4. The molecule has 0 aromatic carbocycles. The third kappa shape index (κ3) is 3.73. The van der Waals surface area contributed by atoms with Gasteiger partial charge in [0.2, 0.25) is 0 Å². The van der Waals surface area contributed by atoms with Gasteiger partial charge in [0.15, 0.2) is 0 Å². The number of aryl methyl sites for hydroxylation is 1. The third-order valence-electron chi connectivity index (χ3n) is 4.18. The number of fused-ring (bicyclic) bond motifs is 1. The van der Waals surface area contributed by atoms with Crippen molar-refractivity contribution in [1.82, 2.24) is 29.9 Å². The first-order chi connectivity index (χ1) is 11.5. The topological polar surface area (TPSA) is 66.3 Å². The molecule has 1 unspecified atom stereocenters. The lowest BCUT2D eigenvalue weighted by atomic mass is 10.1. The van der Waals surface area contributed by atoms with Gasteiger partial charge < -0.3 is 10.2 Å². The van der Waals surface area contributed by atoms with Gasteiger partial charge in [-0.15, -0.1) is 0 Å². The molecule has 3 rings (SSSR count). The second-order valence-corrected chi connectivity index (χ2v) is 6.44. The summed E-state index contributed by atoms with van der Waals surface area (Å²) in [6, 6.07) is 8.19. The number of nitrogens with zero attached hydrogens (tertiary/aromatic N) is 5. The number of amides is 2. The number of hydrogen-bond donors (Lipinski definition) is 1. The smallest absolute Gasteiger partial charge is 0.316 e. The highest BCUT2D eigenvalue weighted by molar-refractivity contribution is 5.73. The Morgan fingerprint density at radius 2 is 2.21 bits per heavy atom. The molecule has 0 bridgehead atoms. The minimum atomic E-state index is -0.0822. The van der Waals surface area contributed by atoms with Crippen molar-refractivity contribution < 1.29 is 4.79 Å². The van der Waals surface area contributed by atoms with E-state index in [1.165, 1.54) is 0 Å². The summed E-state index contributed by atoms with van der Waals surface area (Å²) in [4.78, 5) is 20.3. The predicted octanol–water partition coefficient (Wildman–Crippen LogP) is 1.41. The lowest BCUT2D eigenvalue weighted by molar-refractivity contribution is 0.160. The van der Waals surface area contributed by atoms with E-state index in [1.807, 2.05) is 36.0 Å². The van der Waals surface area contributed by atoms with E-state index >= 15 is 0 Å². The van der Waals surface area contributed by atoms with Gasteiger partial charge in [-0.3, -0.25) is 14.6 Å². The molecule has 2 aromatic rings. The third-order valence-corrected chi connectivity index (χ3v) is 4.18. The Labute approximate surface area is 142 Å². The summed E-state index contributed by atoms with van der Waals surface area (Å²) in [5, 5.41) is 7.39. The molecular formula is C17H24N6O. The first-order valence-electron chi connectivity index (χ1n) is 8.15. The van der Waals surface area contributed by atoms with E-state index in [2.05, 4.69) is 26.4 Å². The molecule has 0 aliphatic carbocycles. The van der Waals surface area contributed by atoms with Crippen molar-refractivity contribution in [3.8, 4) is 0 Å². The fourth-order valence-corrected chi connectivity index (χ4v) is 3.02. The number of rotatable bonds is 4. The zero-order chi connectivity index (χ0) is 17.1. The Bertz CT molecular complexity index is 711. The van der Waals surface area contributed by atoms with Crippen LogP contribution in [0.1, 0.15) is 23.1 Å². The van der Waals surface area contributed by atoms with Gasteiger partial charge in [0.05, 0.1) is 17.4 Å². The summed E-state index contributed by atoms with van der Waals surface area (Å²) in [7, 11) is 3.48. The van der Waals surface area contributed by atoms with E-state index in [9.17, 15) is 4.79 Å². The molecule has 128 valence electrons. The zero-order valence-corrected chi connectivity index (χ0v) is 14.4. The van der Waals surface area contributed by atoms with Gasteiger partial charge in [0, 0.05) is 52.2 Å². The Hall–Kier alpha value is -2.41. The quantitative estimate of drug-likeness (QED) is 0.922. The van der Waals surface area contributed by atoms with Gasteiger partial charge in [-0.1, -0.05) is 6.07 Å². The van der Waals surface area contributed by atoms with Crippen molar-refractivity contribution in [2.45, 2.75) is 26.1 Å². The first kappa shape index (κ1) is 16.4. The van der Waals surface area contributed by atoms with Crippen LogP contribution in [0.25, 0.3) is 0 Å². The molecule has 0 radical (unpaired) electrons. The van der Waals surface area contributed by atoms with Crippen LogP contribution in [0.15, 0.2) is 30.5 Å². The summed E-state index contributed by atoms with van der Waals surface area (Å²) >= 11 is 0. The lowest BCUT2D eigenvalue weighted by Gasteiger charge is -2.34. The summed E-state index contributed by atoms with van der Waals surface area (Å²) in [5.41, 5.74) is 3.27. The minimum Gasteiger partial charge on any atom is -0.336 e. The van der Waals surface area contributed by atoms with Crippen LogP contribution in [0, 0.1) is 6.92 Å². The van der Waals surface area contributed by atoms with Crippen molar-refractivity contribution in [3.63, 3.8) is 0 Å². The summed E-state index contributed by atoms with van der Waals surface area (Å²) in [6.07, 6.45) is 1.82. The van der Waals surface area contributed by atoms with Crippen LogP contribution in [0.5, 0.6) is 0 Å². The highest BCUT2D eigenvalue weighted by atomic mass is 16.2. The first-order valence-corrected chi connectivity index (χ1v) is 8.15. The van der Waals surface area contributed by atoms with Crippen molar-refractivity contribution >= 4 is 6.03 Å². The molecule has 1 aliphatic rings. The average molecular weight is 328 g/mol. The molecule has 0 saturated heterocycles. The van der Waals surface area contributed by atoms with E-state index in [0.29, 0.717) is 6.54 Å². The van der Waals surface area contributed by atoms with Gasteiger partial charge in [-0.2, -0.15) is 5.10 Å². The van der Waals surface area contributed by atoms with Gasteiger partial charge in [-0.05, 0) is 25.1 Å². The fraction of sp³-hybridized carbons (Fsp3) is 0.471. The summed E-state index contributed by atoms with van der Waals surface area (Å²) < 4.78 is 2.02. The Balaban J connectivity index is 1.70. The molecule has 1 N–H and O–H groups in total. The van der Waals surface area contributed by atoms with Crippen LogP contribution in [0.4, 0.5) is 4.79 Å². The molecule has 2 aromatic heterocycles. The van der Waals surface area contributed by atoms with Crippen LogP contribution in [0.2, 0.25) is 0 Å². The van der Waals surface area contributed by atoms with E-state index < -0.39 is 0 Å². The minimum absolute atomic E-state index is 0.0822. The SMILES string of the molecule is Cc1cccc(CN2Cc3ccnn3C(CNC(=O)N(C)C)C2)n1. The number of carbonyl (C=O) groups is 1. The van der Waals surface area contributed by atoms with E-state index in [-0.39, 0.29) is 12.1 Å². The molecule has 24 heavy (non-hydrogen) atoms. The molecule has 2 amide bonds. The van der Waals surface area contributed by atoms with Crippen LogP contribution in [0.3, 0.4) is 0 Å². The van der Waals surface area contributed by atoms with Crippen LogP contribution < -0.4 is 5.32 Å². The number of hydrogen-bond acceptors (Lipinski definition) is 4. The summed E-state index contributed by atoms with van der Waals surface area (Å²) in [6.45, 7) is 5.04. The molecule has 1 aliphatic heterocycles. The van der Waals surface area contributed by atoms with E-state index in [0.717, 1.165) is 36.7 Å². The molecular weight excluding hydrogens is 304 g/mol. The molecule has 0 fully saturated rings. The Morgan fingerprint density at radius 1 is 1.38 bits per heavy atom. The highest BCUT2D eigenvalue weighted by Gasteiger charge is 2.26.